The van der Waals surface area contributed by atoms with Gasteiger partial charge >= 0.3 is 0 Å². The maximum absolute atomic E-state index is 12.7. The third-order valence-electron chi connectivity index (χ3n) is 4.35. The van der Waals surface area contributed by atoms with E-state index in [1.54, 1.807) is 18.2 Å². The van der Waals surface area contributed by atoms with E-state index in [-0.39, 0.29) is 24.4 Å². The minimum Gasteiger partial charge on any atom is -0.353 e. The normalized spacial score (nSPS) is 25.2. The van der Waals surface area contributed by atoms with Gasteiger partial charge in [0.2, 0.25) is 5.78 Å². The summed E-state index contributed by atoms with van der Waals surface area (Å²) in [6.45, 7) is 1.06. The predicted octanol–water partition coefficient (Wildman–Crippen LogP) is 2.16. The van der Waals surface area contributed by atoms with Crippen molar-refractivity contribution in [3.8, 4) is 0 Å². The molecule has 1 aromatic rings. The second-order valence-corrected chi connectivity index (χ2v) is 5.49. The van der Waals surface area contributed by atoms with E-state index >= 15 is 0 Å². The van der Waals surface area contributed by atoms with Crippen molar-refractivity contribution in [3.63, 3.8) is 0 Å². The van der Waals surface area contributed by atoms with E-state index < -0.39 is 0 Å². The number of hydrogen-bond acceptors (Lipinski definition) is 4. The molecular weight excluding hydrogens is 254 g/mol. The van der Waals surface area contributed by atoms with Crippen molar-refractivity contribution in [2.45, 2.75) is 25.5 Å². The molecule has 2 aliphatic heterocycles. The Balaban J connectivity index is 1.87. The minimum atomic E-state index is -0.0563. The Labute approximate surface area is 117 Å². The van der Waals surface area contributed by atoms with Crippen LogP contribution < -0.4 is 0 Å². The Bertz CT molecular complexity index is 647. The zero-order chi connectivity index (χ0) is 13.7. The molecule has 0 spiro atoms. The number of carbonyl (C=O) groups is 2. The number of fused-ring (bicyclic) bond motifs is 3. The van der Waals surface area contributed by atoms with Gasteiger partial charge in [0.25, 0.3) is 0 Å². The maximum Gasteiger partial charge on any atom is 0.210 e. The van der Waals surface area contributed by atoms with Crippen molar-refractivity contribution < 1.29 is 14.3 Å². The van der Waals surface area contributed by atoms with Crippen molar-refractivity contribution in [2.75, 3.05) is 13.2 Å². The van der Waals surface area contributed by atoms with Gasteiger partial charge in [-0.2, -0.15) is 0 Å². The Morgan fingerprint density at radius 1 is 1.05 bits per heavy atom. The molecule has 1 saturated heterocycles. The summed E-state index contributed by atoms with van der Waals surface area (Å²) in [4.78, 5) is 27.3. The van der Waals surface area contributed by atoms with Crippen molar-refractivity contribution in [1.82, 2.24) is 4.90 Å². The largest absolute Gasteiger partial charge is 0.353 e. The number of rotatable bonds is 0. The first-order valence-electron chi connectivity index (χ1n) is 7.07. The van der Waals surface area contributed by atoms with Gasteiger partial charge in [-0.1, -0.05) is 24.3 Å². The van der Waals surface area contributed by atoms with Crippen LogP contribution in [0.1, 0.15) is 40.0 Å². The van der Waals surface area contributed by atoms with E-state index in [0.717, 1.165) is 25.8 Å². The molecule has 4 rings (SSSR count). The molecule has 0 bridgehead atoms. The highest BCUT2D eigenvalue weighted by Gasteiger charge is 2.41. The lowest BCUT2D eigenvalue weighted by Gasteiger charge is -2.43. The third-order valence-corrected chi connectivity index (χ3v) is 4.35. The Hall–Kier alpha value is -1.94. The molecule has 1 aliphatic carbocycles. The number of ether oxygens (including phenoxy) is 1. The molecular formula is C16H15NO3. The van der Waals surface area contributed by atoms with E-state index in [4.69, 9.17) is 4.74 Å². The predicted molar refractivity (Wildman–Crippen MR) is 72.4 cm³/mol. The molecule has 0 amide bonds. The number of benzene rings is 1. The summed E-state index contributed by atoms with van der Waals surface area (Å²) in [5, 5.41) is 0. The number of allylic oxidation sites excluding steroid dienone is 1. The van der Waals surface area contributed by atoms with Crippen LogP contribution in [-0.2, 0) is 4.74 Å². The summed E-state index contributed by atoms with van der Waals surface area (Å²) in [5.41, 5.74) is 2.16. The lowest BCUT2D eigenvalue weighted by Crippen LogP contribution is -2.49. The Kier molecular flexibility index (Phi) is 2.54. The highest BCUT2D eigenvalue weighted by Crippen LogP contribution is 2.35. The number of Topliss-reactive ketones (excluding diaryl/α,β-unsaturated/α-hetero) is 2. The Morgan fingerprint density at radius 2 is 1.80 bits per heavy atom. The number of piperidine rings is 1. The molecule has 20 heavy (non-hydrogen) atoms. The summed E-state index contributed by atoms with van der Waals surface area (Å²) in [6.07, 6.45) is 3.05. The van der Waals surface area contributed by atoms with Gasteiger partial charge in [-0.05, 0) is 19.3 Å². The van der Waals surface area contributed by atoms with Crippen LogP contribution in [0.25, 0.3) is 0 Å². The van der Waals surface area contributed by atoms with Crippen LogP contribution in [0.4, 0.5) is 0 Å². The van der Waals surface area contributed by atoms with E-state index in [9.17, 15) is 9.59 Å². The lowest BCUT2D eigenvalue weighted by molar-refractivity contribution is -0.0678. The maximum atomic E-state index is 12.7. The summed E-state index contributed by atoms with van der Waals surface area (Å²) >= 11 is 0. The first-order chi connectivity index (χ1) is 9.77. The fourth-order valence-electron chi connectivity index (χ4n) is 3.36. The van der Waals surface area contributed by atoms with Gasteiger partial charge in [-0.25, -0.2) is 0 Å². The molecule has 102 valence electrons. The highest BCUT2D eigenvalue weighted by molar-refractivity contribution is 6.26. The van der Waals surface area contributed by atoms with Gasteiger partial charge in [0.05, 0.1) is 17.9 Å². The average molecular weight is 269 g/mol. The lowest BCUT2D eigenvalue weighted by atomic mass is 9.85. The Morgan fingerprint density at radius 3 is 2.60 bits per heavy atom. The first-order valence-corrected chi connectivity index (χ1v) is 7.07. The fourth-order valence-corrected chi connectivity index (χ4v) is 3.36. The topological polar surface area (TPSA) is 46.6 Å². The number of hydrogen-bond donors (Lipinski definition) is 0. The van der Waals surface area contributed by atoms with Crippen LogP contribution in [0.5, 0.6) is 0 Å². The minimum absolute atomic E-state index is 0.0228. The molecule has 0 aromatic heterocycles. The number of ketones is 2. The van der Waals surface area contributed by atoms with Gasteiger partial charge in [0, 0.05) is 17.7 Å². The molecule has 2 heterocycles. The van der Waals surface area contributed by atoms with Gasteiger partial charge in [-0.15, -0.1) is 0 Å². The molecule has 4 heteroatoms. The third kappa shape index (κ3) is 1.51. The van der Waals surface area contributed by atoms with Crippen LogP contribution in [0.3, 0.4) is 0 Å². The second-order valence-electron chi connectivity index (χ2n) is 5.49. The fraction of sp³-hybridized carbons (Fsp3) is 0.375. The SMILES string of the molecule is O=C1C2=C(C(=O)c3ccccc31)N1CCCCC1OC2. The van der Waals surface area contributed by atoms with Crippen molar-refractivity contribution in [3.05, 3.63) is 46.7 Å². The van der Waals surface area contributed by atoms with Gasteiger partial charge in [0.15, 0.2) is 5.78 Å². The summed E-state index contributed by atoms with van der Waals surface area (Å²) in [6, 6.07) is 7.07. The quantitative estimate of drug-likeness (QED) is 0.724. The summed E-state index contributed by atoms with van der Waals surface area (Å²) < 4.78 is 5.78. The van der Waals surface area contributed by atoms with E-state index in [1.807, 2.05) is 11.0 Å². The highest BCUT2D eigenvalue weighted by atomic mass is 16.5. The van der Waals surface area contributed by atoms with Gasteiger partial charge in [-0.3, -0.25) is 9.59 Å². The standard InChI is InChI=1S/C16H15NO3/c18-15-10-5-1-2-6-11(10)16(19)14-12(15)9-20-13-7-3-4-8-17(13)14/h1-2,5-6,13H,3-4,7-9H2. The van der Waals surface area contributed by atoms with Crippen molar-refractivity contribution in [2.24, 2.45) is 0 Å². The number of carbonyl (C=O) groups excluding carboxylic acids is 2. The van der Waals surface area contributed by atoms with E-state index in [2.05, 4.69) is 0 Å². The molecule has 1 fully saturated rings. The molecule has 0 radical (unpaired) electrons. The zero-order valence-electron chi connectivity index (χ0n) is 11.1. The van der Waals surface area contributed by atoms with E-state index in [0.29, 0.717) is 22.4 Å². The molecule has 0 saturated carbocycles. The monoisotopic (exact) mass is 269 g/mol. The average Bonchev–Trinajstić information content (AvgIpc) is 2.51. The smallest absolute Gasteiger partial charge is 0.210 e. The van der Waals surface area contributed by atoms with Crippen LogP contribution in [-0.4, -0.2) is 35.8 Å². The first kappa shape index (κ1) is 11.9. The van der Waals surface area contributed by atoms with Crippen LogP contribution in [0.2, 0.25) is 0 Å². The van der Waals surface area contributed by atoms with Crippen molar-refractivity contribution in [1.29, 1.82) is 0 Å². The zero-order valence-corrected chi connectivity index (χ0v) is 11.1. The van der Waals surface area contributed by atoms with Gasteiger partial charge < -0.3 is 9.64 Å². The van der Waals surface area contributed by atoms with E-state index in [1.165, 1.54) is 0 Å². The summed E-state index contributed by atoms with van der Waals surface area (Å²) in [7, 11) is 0. The molecule has 1 aromatic carbocycles. The summed E-state index contributed by atoms with van der Waals surface area (Å²) in [5.74, 6) is -0.0791. The molecule has 0 N–H and O–H groups in total. The number of nitrogens with zero attached hydrogens (tertiary/aromatic N) is 1. The van der Waals surface area contributed by atoms with Gasteiger partial charge in [0.1, 0.15) is 6.23 Å². The molecule has 1 atom stereocenters. The van der Waals surface area contributed by atoms with Crippen LogP contribution >= 0.6 is 0 Å². The molecule has 4 nitrogen and oxygen atoms in total. The molecule has 1 unspecified atom stereocenters. The van der Waals surface area contributed by atoms with Crippen LogP contribution in [0.15, 0.2) is 35.5 Å². The van der Waals surface area contributed by atoms with Crippen LogP contribution in [0, 0.1) is 0 Å². The molecule has 3 aliphatic rings. The second kappa shape index (κ2) is 4.28. The van der Waals surface area contributed by atoms with Crippen molar-refractivity contribution >= 4 is 11.6 Å².